The van der Waals surface area contributed by atoms with Crippen molar-refractivity contribution in [1.82, 2.24) is 0 Å². The van der Waals surface area contributed by atoms with Crippen LogP contribution < -0.4 is 0 Å². The predicted octanol–water partition coefficient (Wildman–Crippen LogP) is 3.47. The molecule has 1 saturated heterocycles. The molecule has 0 aliphatic carbocycles. The fourth-order valence-corrected chi connectivity index (χ4v) is 4.21. The predicted molar refractivity (Wildman–Crippen MR) is 82.8 cm³/mol. The van der Waals surface area contributed by atoms with Crippen LogP contribution in [0.1, 0.15) is 39.5 Å². The molecule has 0 N–H and O–H groups in total. The molecule has 0 saturated carbocycles. The largest absolute Gasteiger partial charge is 0.480 e. The average molecular weight is 436 g/mol. The normalized spacial score (nSPS) is 25.3. The van der Waals surface area contributed by atoms with Crippen LogP contribution in [0.5, 0.6) is 0 Å². The molecule has 0 bridgehead atoms. The topological polar surface area (TPSA) is 82.4 Å². The second-order valence-corrected chi connectivity index (χ2v) is 9.61. The Hall–Kier alpha value is -0.600. The van der Waals surface area contributed by atoms with E-state index in [1.807, 2.05) is 0 Å². The first-order chi connectivity index (χ1) is 11.4. The summed E-state index contributed by atoms with van der Waals surface area (Å²) in [5.41, 5.74) is -12.4. The number of sulfonamides is 2. The maximum atomic E-state index is 11.4. The van der Waals surface area contributed by atoms with Gasteiger partial charge in [0.1, 0.15) is 0 Å². The standard InChI is InChI=1S/C10H22N.C2F6NO4S2/c1-4-8-11(3)9-6-5-7-10(11)2;3-1(4,5)14(10,11)9-15(12,13)2(6,7)8/h10H,4-9H2,1-3H3;/q+1;-1. The highest BCUT2D eigenvalue weighted by molar-refractivity contribution is 8.13. The van der Waals surface area contributed by atoms with Gasteiger partial charge in [-0.2, -0.15) is 26.3 Å². The van der Waals surface area contributed by atoms with E-state index in [1.165, 1.54) is 43.3 Å². The van der Waals surface area contributed by atoms with Crippen molar-refractivity contribution in [3.63, 3.8) is 0 Å². The van der Waals surface area contributed by atoms with Crippen LogP contribution in [0, 0.1) is 0 Å². The van der Waals surface area contributed by atoms with Gasteiger partial charge in [-0.15, -0.1) is 0 Å². The van der Waals surface area contributed by atoms with Gasteiger partial charge in [-0.3, -0.25) is 0 Å². The summed E-state index contributed by atoms with van der Waals surface area (Å²) in [7, 11) is -11.0. The first-order valence-electron chi connectivity index (χ1n) is 7.60. The van der Waals surface area contributed by atoms with Gasteiger partial charge in [-0.25, -0.2) is 16.8 Å². The van der Waals surface area contributed by atoms with Crippen LogP contribution >= 0.6 is 0 Å². The molecule has 1 rings (SSSR count). The highest BCUT2D eigenvalue weighted by Crippen LogP contribution is 2.36. The second-order valence-electron chi connectivity index (χ2n) is 6.19. The van der Waals surface area contributed by atoms with Crippen LogP contribution in [0.15, 0.2) is 0 Å². The van der Waals surface area contributed by atoms with E-state index in [0.29, 0.717) is 0 Å². The van der Waals surface area contributed by atoms with Gasteiger partial charge < -0.3 is 8.61 Å². The van der Waals surface area contributed by atoms with Gasteiger partial charge in [0.25, 0.3) is 0 Å². The molecule has 1 fully saturated rings. The molecule has 0 amide bonds. The number of piperidine rings is 1. The molecule has 2 unspecified atom stereocenters. The summed E-state index contributed by atoms with van der Waals surface area (Å²) in [6, 6.07) is 0.906. The highest BCUT2D eigenvalue weighted by atomic mass is 32.3. The molecule has 14 heteroatoms. The number of quaternary nitrogens is 1. The molecule has 0 spiro atoms. The van der Waals surface area contributed by atoms with Gasteiger partial charge in [-0.05, 0) is 32.6 Å². The molecule has 26 heavy (non-hydrogen) atoms. The van der Waals surface area contributed by atoms with E-state index in [9.17, 15) is 43.2 Å². The van der Waals surface area contributed by atoms with Crippen LogP contribution in [0.2, 0.25) is 0 Å². The summed E-state index contributed by atoms with van der Waals surface area (Å²) in [6.45, 7) is 7.50. The fraction of sp³-hybridized carbons (Fsp3) is 1.00. The number of alkyl halides is 6. The minimum absolute atomic E-state index is 0.778. The minimum Gasteiger partial charge on any atom is -0.421 e. The monoisotopic (exact) mass is 436 g/mol. The maximum Gasteiger partial charge on any atom is 0.480 e. The van der Waals surface area contributed by atoms with Crippen LogP contribution in [0.4, 0.5) is 26.3 Å². The van der Waals surface area contributed by atoms with Crippen molar-refractivity contribution in [1.29, 1.82) is 0 Å². The number of halogens is 6. The van der Waals surface area contributed by atoms with Crippen LogP contribution in [0.3, 0.4) is 0 Å². The summed E-state index contributed by atoms with van der Waals surface area (Å²) in [5.74, 6) is 0. The number of nitrogens with zero attached hydrogens (tertiary/aromatic N) is 2. The molecular formula is C12H22F6N2O4S2. The van der Waals surface area contributed by atoms with E-state index in [-0.39, 0.29) is 0 Å². The van der Waals surface area contributed by atoms with Crippen LogP contribution in [0.25, 0.3) is 4.13 Å². The Morgan fingerprint density at radius 2 is 1.38 bits per heavy atom. The Balaban J connectivity index is 0.000000502. The highest BCUT2D eigenvalue weighted by Gasteiger charge is 2.46. The van der Waals surface area contributed by atoms with Gasteiger partial charge in [0.15, 0.2) is 20.0 Å². The quantitative estimate of drug-likeness (QED) is 0.499. The number of rotatable bonds is 4. The third-order valence-corrected chi connectivity index (χ3v) is 6.86. The van der Waals surface area contributed by atoms with Gasteiger partial charge in [0.2, 0.25) is 0 Å². The Labute approximate surface area is 149 Å². The first-order valence-corrected chi connectivity index (χ1v) is 10.5. The van der Waals surface area contributed by atoms with Crippen molar-refractivity contribution in [3.05, 3.63) is 4.13 Å². The molecular weight excluding hydrogens is 414 g/mol. The molecule has 1 aliphatic rings. The molecule has 0 aromatic carbocycles. The second kappa shape index (κ2) is 8.61. The zero-order chi connectivity index (χ0) is 21.0. The molecule has 6 nitrogen and oxygen atoms in total. The SMILES string of the molecule is CCC[N+]1(C)CCCCC1C.O=S(=O)([N-]S(=O)(=O)C(F)(F)F)C(F)(F)F. The third kappa shape index (κ3) is 6.85. The molecule has 0 radical (unpaired) electrons. The lowest BCUT2D eigenvalue weighted by molar-refractivity contribution is -0.936. The average Bonchev–Trinajstić information content (AvgIpc) is 2.39. The van der Waals surface area contributed by atoms with Crippen LogP contribution in [-0.2, 0) is 20.0 Å². The molecule has 1 heterocycles. The Bertz CT molecular complexity index is 614. The van der Waals surface area contributed by atoms with E-state index >= 15 is 0 Å². The van der Waals surface area contributed by atoms with Crippen molar-refractivity contribution in [2.75, 3.05) is 20.1 Å². The lowest BCUT2D eigenvalue weighted by Gasteiger charge is -2.43. The molecule has 158 valence electrons. The van der Waals surface area contributed by atoms with E-state index in [4.69, 9.17) is 0 Å². The Morgan fingerprint density at radius 3 is 1.69 bits per heavy atom. The van der Waals surface area contributed by atoms with Crippen molar-refractivity contribution in [3.8, 4) is 0 Å². The Morgan fingerprint density at radius 1 is 0.962 bits per heavy atom. The first kappa shape index (κ1) is 25.4. The lowest BCUT2D eigenvalue weighted by Crippen LogP contribution is -2.54. The third-order valence-electron chi connectivity index (χ3n) is 4.12. The van der Waals surface area contributed by atoms with E-state index < -0.39 is 31.1 Å². The minimum atomic E-state index is -6.72. The molecule has 0 aromatic heterocycles. The smallest absolute Gasteiger partial charge is 0.421 e. The summed E-state index contributed by atoms with van der Waals surface area (Å²) >= 11 is 0. The number of likely N-dealkylation sites (tertiary alicyclic amines) is 1. The van der Waals surface area contributed by atoms with E-state index in [2.05, 4.69) is 20.9 Å². The summed E-state index contributed by atoms with van der Waals surface area (Å²) in [6.07, 6.45) is 5.68. The number of hydrogen-bond donors (Lipinski definition) is 0. The van der Waals surface area contributed by atoms with Gasteiger partial charge >= 0.3 is 11.0 Å². The van der Waals surface area contributed by atoms with Gasteiger partial charge in [0, 0.05) is 0 Å². The number of hydrogen-bond acceptors (Lipinski definition) is 4. The van der Waals surface area contributed by atoms with Crippen molar-refractivity contribution in [2.24, 2.45) is 0 Å². The zero-order valence-corrected chi connectivity index (χ0v) is 16.1. The Kier molecular flexibility index (Phi) is 8.41. The van der Waals surface area contributed by atoms with Gasteiger partial charge in [0.05, 0.1) is 26.2 Å². The van der Waals surface area contributed by atoms with Crippen molar-refractivity contribution >= 4 is 20.0 Å². The zero-order valence-electron chi connectivity index (χ0n) is 14.4. The molecule has 2 atom stereocenters. The maximum absolute atomic E-state index is 11.4. The van der Waals surface area contributed by atoms with E-state index in [1.54, 1.807) is 0 Å². The lowest BCUT2D eigenvalue weighted by atomic mass is 10.0. The summed E-state index contributed by atoms with van der Waals surface area (Å²) in [4.78, 5) is 0. The molecule has 1 aliphatic heterocycles. The van der Waals surface area contributed by atoms with Gasteiger partial charge in [-0.1, -0.05) is 6.92 Å². The molecule has 0 aromatic rings. The fourth-order valence-electron chi connectivity index (χ4n) is 2.50. The summed E-state index contributed by atoms with van der Waals surface area (Å²) in [5, 5.41) is 0. The van der Waals surface area contributed by atoms with Crippen molar-refractivity contribution < 1.29 is 47.7 Å². The van der Waals surface area contributed by atoms with Crippen molar-refractivity contribution in [2.45, 2.75) is 56.6 Å². The summed E-state index contributed by atoms with van der Waals surface area (Å²) < 4.78 is 111. The van der Waals surface area contributed by atoms with Crippen LogP contribution in [-0.4, -0.2) is 58.5 Å². The van der Waals surface area contributed by atoms with E-state index in [0.717, 1.165) is 10.2 Å².